The number of carbonyl (C=O) groups is 2. The van der Waals surface area contributed by atoms with Crippen LogP contribution in [0.4, 0.5) is 5.69 Å². The molecule has 2 aliphatic rings. The number of likely N-dealkylation sites (tertiary alicyclic amines) is 1. The summed E-state index contributed by atoms with van der Waals surface area (Å²) in [6.45, 7) is 7.17. The van der Waals surface area contributed by atoms with E-state index in [1.165, 1.54) is 0 Å². The Bertz CT molecular complexity index is 623. The summed E-state index contributed by atoms with van der Waals surface area (Å²) in [6.07, 6.45) is 1.64. The molecule has 2 aliphatic heterocycles. The van der Waals surface area contributed by atoms with Crippen molar-refractivity contribution in [2.24, 2.45) is 11.8 Å². The van der Waals surface area contributed by atoms with Crippen molar-refractivity contribution < 1.29 is 9.59 Å². The number of hydrogen-bond donors (Lipinski definition) is 1. The molecule has 0 saturated carbocycles. The van der Waals surface area contributed by atoms with Crippen LogP contribution < -0.4 is 10.2 Å². The van der Waals surface area contributed by atoms with E-state index < -0.39 is 5.92 Å². The van der Waals surface area contributed by atoms with E-state index in [4.69, 9.17) is 0 Å². The summed E-state index contributed by atoms with van der Waals surface area (Å²) in [5, 5.41) is 3.17. The molecular weight excluding hydrogens is 302 g/mol. The van der Waals surface area contributed by atoms with Gasteiger partial charge in [0.2, 0.25) is 11.8 Å². The summed E-state index contributed by atoms with van der Waals surface area (Å²) in [6, 6.07) is 6.14. The first-order valence-electron chi connectivity index (χ1n) is 8.82. The SMILES string of the molecule is CNC[C@H]1CCN(C(=O)[C@H]2CCN(c3cc(C)cc(C)c3)C2=O)C1. The van der Waals surface area contributed by atoms with Gasteiger partial charge in [-0.05, 0) is 69.5 Å². The molecule has 2 atom stereocenters. The fourth-order valence-corrected chi connectivity index (χ4v) is 3.98. The minimum absolute atomic E-state index is 0.0190. The zero-order chi connectivity index (χ0) is 17.3. The maximum Gasteiger partial charge on any atom is 0.239 e. The number of anilines is 1. The van der Waals surface area contributed by atoms with Crippen molar-refractivity contribution in [1.29, 1.82) is 0 Å². The van der Waals surface area contributed by atoms with Crippen molar-refractivity contribution >= 4 is 17.5 Å². The van der Waals surface area contributed by atoms with Gasteiger partial charge in [0.15, 0.2) is 0 Å². The summed E-state index contributed by atoms with van der Waals surface area (Å²) in [4.78, 5) is 29.2. The van der Waals surface area contributed by atoms with Crippen molar-refractivity contribution in [3.8, 4) is 0 Å². The zero-order valence-electron chi connectivity index (χ0n) is 14.8. The van der Waals surface area contributed by atoms with Gasteiger partial charge < -0.3 is 15.1 Å². The van der Waals surface area contributed by atoms with E-state index in [1.807, 2.05) is 37.9 Å². The van der Waals surface area contributed by atoms with Crippen LogP contribution >= 0.6 is 0 Å². The first-order chi connectivity index (χ1) is 11.5. The zero-order valence-corrected chi connectivity index (χ0v) is 14.8. The molecule has 0 radical (unpaired) electrons. The Hall–Kier alpha value is -1.88. The number of rotatable bonds is 4. The van der Waals surface area contributed by atoms with E-state index in [-0.39, 0.29) is 11.8 Å². The molecule has 2 heterocycles. The molecule has 1 aromatic carbocycles. The molecule has 1 aromatic rings. The second-order valence-corrected chi connectivity index (χ2v) is 7.17. The van der Waals surface area contributed by atoms with Gasteiger partial charge in [0, 0.05) is 25.3 Å². The molecule has 5 nitrogen and oxygen atoms in total. The molecule has 24 heavy (non-hydrogen) atoms. The highest BCUT2D eigenvalue weighted by Gasteiger charge is 2.41. The third-order valence-electron chi connectivity index (χ3n) is 5.11. The highest BCUT2D eigenvalue weighted by Crippen LogP contribution is 2.29. The molecule has 1 N–H and O–H groups in total. The maximum absolute atomic E-state index is 12.8. The molecule has 130 valence electrons. The monoisotopic (exact) mass is 329 g/mol. The standard InChI is InChI=1S/C19H27N3O2/c1-13-8-14(2)10-16(9-13)22-7-5-17(19(22)24)18(23)21-6-4-15(12-21)11-20-3/h8-10,15,17,20H,4-7,11-12H2,1-3H3/t15-,17-/m1/s1. The Morgan fingerprint density at radius 3 is 2.54 bits per heavy atom. The summed E-state index contributed by atoms with van der Waals surface area (Å²) in [5.74, 6) is -0.0160. The number of hydrogen-bond acceptors (Lipinski definition) is 3. The van der Waals surface area contributed by atoms with E-state index in [9.17, 15) is 9.59 Å². The van der Waals surface area contributed by atoms with Crippen molar-refractivity contribution in [1.82, 2.24) is 10.2 Å². The Morgan fingerprint density at radius 2 is 1.88 bits per heavy atom. The topological polar surface area (TPSA) is 52.7 Å². The number of nitrogens with zero attached hydrogens (tertiary/aromatic N) is 2. The lowest BCUT2D eigenvalue weighted by Crippen LogP contribution is -2.39. The fraction of sp³-hybridized carbons (Fsp3) is 0.579. The lowest BCUT2D eigenvalue weighted by molar-refractivity contribution is -0.139. The lowest BCUT2D eigenvalue weighted by atomic mass is 10.1. The normalized spacial score (nSPS) is 24.0. The number of benzene rings is 1. The van der Waals surface area contributed by atoms with Gasteiger partial charge >= 0.3 is 0 Å². The predicted octanol–water partition coefficient (Wildman–Crippen LogP) is 1.72. The van der Waals surface area contributed by atoms with Crippen molar-refractivity contribution in [2.75, 3.05) is 38.1 Å². The maximum atomic E-state index is 12.8. The minimum Gasteiger partial charge on any atom is -0.342 e. The molecule has 2 fully saturated rings. The van der Waals surface area contributed by atoms with E-state index in [0.29, 0.717) is 18.9 Å². The molecule has 0 unspecified atom stereocenters. The average molecular weight is 329 g/mol. The van der Waals surface area contributed by atoms with Crippen LogP contribution in [-0.2, 0) is 9.59 Å². The third kappa shape index (κ3) is 3.31. The molecule has 3 rings (SSSR count). The van der Waals surface area contributed by atoms with E-state index in [0.717, 1.165) is 42.9 Å². The Kier molecular flexibility index (Phi) is 4.90. The number of nitrogens with one attached hydrogen (secondary N) is 1. The van der Waals surface area contributed by atoms with Gasteiger partial charge in [0.05, 0.1) is 0 Å². The number of aryl methyl sites for hydroxylation is 2. The quantitative estimate of drug-likeness (QED) is 0.856. The van der Waals surface area contributed by atoms with Crippen LogP contribution in [0.25, 0.3) is 0 Å². The van der Waals surface area contributed by atoms with Crippen molar-refractivity contribution in [3.05, 3.63) is 29.3 Å². The molecule has 2 amide bonds. The Labute approximate surface area is 144 Å². The molecule has 0 spiro atoms. The molecule has 0 bridgehead atoms. The second-order valence-electron chi connectivity index (χ2n) is 7.17. The van der Waals surface area contributed by atoms with Crippen molar-refractivity contribution in [3.63, 3.8) is 0 Å². The van der Waals surface area contributed by atoms with E-state index >= 15 is 0 Å². The third-order valence-corrected chi connectivity index (χ3v) is 5.11. The fourth-order valence-electron chi connectivity index (χ4n) is 3.98. The van der Waals surface area contributed by atoms with Gasteiger partial charge in [-0.25, -0.2) is 0 Å². The predicted molar refractivity (Wildman–Crippen MR) is 95.0 cm³/mol. The minimum atomic E-state index is -0.501. The lowest BCUT2D eigenvalue weighted by Gasteiger charge is -2.21. The van der Waals surface area contributed by atoms with Gasteiger partial charge in [-0.15, -0.1) is 0 Å². The number of carbonyl (C=O) groups excluding carboxylic acids is 2. The van der Waals surface area contributed by atoms with Gasteiger partial charge in [0.1, 0.15) is 5.92 Å². The highest BCUT2D eigenvalue weighted by atomic mass is 16.2. The summed E-state index contributed by atoms with van der Waals surface area (Å²) >= 11 is 0. The average Bonchev–Trinajstić information content (AvgIpc) is 3.13. The summed E-state index contributed by atoms with van der Waals surface area (Å²) in [5.41, 5.74) is 3.20. The van der Waals surface area contributed by atoms with Gasteiger partial charge in [-0.3, -0.25) is 9.59 Å². The smallest absolute Gasteiger partial charge is 0.239 e. The van der Waals surface area contributed by atoms with Crippen LogP contribution in [0.2, 0.25) is 0 Å². The van der Waals surface area contributed by atoms with Gasteiger partial charge in [0.25, 0.3) is 0 Å². The summed E-state index contributed by atoms with van der Waals surface area (Å²) < 4.78 is 0. The molecule has 2 saturated heterocycles. The highest BCUT2D eigenvalue weighted by molar-refractivity contribution is 6.09. The van der Waals surface area contributed by atoms with Crippen LogP contribution in [0.3, 0.4) is 0 Å². The molecular formula is C19H27N3O2. The van der Waals surface area contributed by atoms with Crippen LogP contribution in [0.5, 0.6) is 0 Å². The largest absolute Gasteiger partial charge is 0.342 e. The second kappa shape index (κ2) is 6.93. The van der Waals surface area contributed by atoms with Crippen molar-refractivity contribution in [2.45, 2.75) is 26.7 Å². The van der Waals surface area contributed by atoms with E-state index in [1.54, 1.807) is 4.90 Å². The molecule has 0 aromatic heterocycles. The first-order valence-corrected chi connectivity index (χ1v) is 8.82. The Balaban J connectivity index is 1.69. The van der Waals surface area contributed by atoms with Crippen LogP contribution in [0.15, 0.2) is 18.2 Å². The Morgan fingerprint density at radius 1 is 1.17 bits per heavy atom. The van der Waals surface area contributed by atoms with Crippen LogP contribution in [0.1, 0.15) is 24.0 Å². The summed E-state index contributed by atoms with van der Waals surface area (Å²) in [7, 11) is 1.94. The molecule has 0 aliphatic carbocycles. The van der Waals surface area contributed by atoms with E-state index in [2.05, 4.69) is 11.4 Å². The molecule has 5 heteroatoms. The number of amides is 2. The van der Waals surface area contributed by atoms with Gasteiger partial charge in [-0.2, -0.15) is 0 Å². The van der Waals surface area contributed by atoms with Crippen LogP contribution in [-0.4, -0.2) is 49.9 Å². The van der Waals surface area contributed by atoms with Gasteiger partial charge in [-0.1, -0.05) is 6.07 Å². The van der Waals surface area contributed by atoms with Crippen LogP contribution in [0, 0.1) is 25.7 Å². The first kappa shape index (κ1) is 17.0.